The van der Waals surface area contributed by atoms with E-state index in [4.69, 9.17) is 9.36 Å². The predicted octanol–water partition coefficient (Wildman–Crippen LogP) is 3.79. The van der Waals surface area contributed by atoms with Gasteiger partial charge in [-0.15, -0.1) is 0 Å². The fourth-order valence-corrected chi connectivity index (χ4v) is 2.40. The molecule has 0 spiro atoms. The molecule has 3 aromatic rings. The Morgan fingerprint density at radius 3 is 2.81 bits per heavy atom. The summed E-state index contributed by atoms with van der Waals surface area (Å²) in [6.45, 7) is 3.62. The fraction of sp³-hybridized carbons (Fsp3) is 0.211. The van der Waals surface area contributed by atoms with Crippen LogP contribution < -0.4 is 0 Å². The molecule has 2 N–H and O–H groups in total. The van der Waals surface area contributed by atoms with E-state index in [1.54, 1.807) is 0 Å². The minimum atomic E-state index is -0.953. The van der Waals surface area contributed by atoms with E-state index in [1.807, 2.05) is 31.2 Å². The van der Waals surface area contributed by atoms with Crippen molar-refractivity contribution < 1.29 is 24.0 Å². The molecule has 0 aliphatic heterocycles. The first-order chi connectivity index (χ1) is 13.0. The molecule has 0 saturated heterocycles. The summed E-state index contributed by atoms with van der Waals surface area (Å²) in [5.74, 6) is -1.25. The van der Waals surface area contributed by atoms with Gasteiger partial charge in [-0.2, -0.15) is 4.98 Å². The van der Waals surface area contributed by atoms with E-state index in [-0.39, 0.29) is 17.9 Å². The normalized spacial score (nSPS) is 11.6. The molecule has 0 radical (unpaired) electrons. The molecular formula is C19H18FN3O4. The second-order valence-corrected chi connectivity index (χ2v) is 5.81. The number of rotatable bonds is 6. The average Bonchev–Trinajstić information content (AvgIpc) is 3.16. The Hall–Kier alpha value is -3.42. The van der Waals surface area contributed by atoms with E-state index >= 15 is 0 Å². The van der Waals surface area contributed by atoms with Crippen molar-refractivity contribution in [3.63, 3.8) is 0 Å². The van der Waals surface area contributed by atoms with Gasteiger partial charge >= 0.3 is 0 Å². The minimum Gasteiger partial charge on any atom is -0.504 e. The topological polar surface area (TPSA) is 101 Å². The minimum absolute atomic E-state index is 0.0398. The highest BCUT2D eigenvalue weighted by molar-refractivity contribution is 5.99. The second kappa shape index (κ2) is 7.86. The number of nitrogens with zero attached hydrogens (tertiary/aromatic N) is 3. The van der Waals surface area contributed by atoms with Crippen molar-refractivity contribution >= 4 is 5.71 Å². The van der Waals surface area contributed by atoms with Gasteiger partial charge in [0.2, 0.25) is 11.7 Å². The van der Waals surface area contributed by atoms with Crippen molar-refractivity contribution in [2.75, 3.05) is 0 Å². The summed E-state index contributed by atoms with van der Waals surface area (Å²) in [7, 11) is 0. The lowest BCUT2D eigenvalue weighted by molar-refractivity contribution is 0.130. The maximum absolute atomic E-state index is 14.0. The molecule has 8 heteroatoms. The van der Waals surface area contributed by atoms with Crippen molar-refractivity contribution in [1.29, 1.82) is 0 Å². The Morgan fingerprint density at radius 2 is 2.07 bits per heavy atom. The zero-order chi connectivity index (χ0) is 19.4. The maximum Gasteiger partial charge on any atom is 0.226 e. The molecule has 0 atom stereocenters. The Balaban J connectivity index is 1.71. The lowest BCUT2D eigenvalue weighted by Gasteiger charge is -2.06. The van der Waals surface area contributed by atoms with Crippen LogP contribution in [0.15, 0.2) is 46.1 Å². The Morgan fingerprint density at radius 1 is 1.26 bits per heavy atom. The van der Waals surface area contributed by atoms with E-state index in [0.29, 0.717) is 18.1 Å². The number of halogens is 1. The van der Waals surface area contributed by atoms with Crippen LogP contribution in [0.2, 0.25) is 0 Å². The molecule has 7 nitrogen and oxygen atoms in total. The molecule has 2 aromatic carbocycles. The molecule has 27 heavy (non-hydrogen) atoms. The first-order valence-corrected chi connectivity index (χ1v) is 8.28. The van der Waals surface area contributed by atoms with Gasteiger partial charge < -0.3 is 19.6 Å². The van der Waals surface area contributed by atoms with Gasteiger partial charge in [0.25, 0.3) is 0 Å². The zero-order valence-electron chi connectivity index (χ0n) is 14.8. The number of hydrogen-bond donors (Lipinski definition) is 2. The number of hydrogen-bond acceptors (Lipinski definition) is 7. The van der Waals surface area contributed by atoms with Crippen molar-refractivity contribution in [3.8, 4) is 22.9 Å². The molecule has 0 unspecified atom stereocenters. The standard InChI is InChI=1S/C19H18FN3O4/c1-3-16-21-19(23-27-16)13-6-4-5-12(9-13)10-26-22-11(2)14-7-8-15(24)18(25)17(14)20/h4-9,24-25H,3,10H2,1-2H3/b22-11+. The smallest absolute Gasteiger partial charge is 0.226 e. The summed E-state index contributed by atoms with van der Waals surface area (Å²) in [6.07, 6.45) is 0.660. The summed E-state index contributed by atoms with van der Waals surface area (Å²) >= 11 is 0. The van der Waals surface area contributed by atoms with Gasteiger partial charge in [-0.05, 0) is 30.7 Å². The van der Waals surface area contributed by atoms with Crippen LogP contribution in [0.5, 0.6) is 11.5 Å². The average molecular weight is 371 g/mol. The molecule has 1 heterocycles. The number of aromatic hydroxyl groups is 2. The summed E-state index contributed by atoms with van der Waals surface area (Å²) in [5, 5.41) is 26.6. The van der Waals surface area contributed by atoms with Crippen LogP contribution in [0.1, 0.15) is 30.9 Å². The van der Waals surface area contributed by atoms with Crippen LogP contribution in [-0.2, 0) is 17.9 Å². The highest BCUT2D eigenvalue weighted by Gasteiger charge is 2.14. The number of oxime groups is 1. The molecule has 0 amide bonds. The largest absolute Gasteiger partial charge is 0.504 e. The summed E-state index contributed by atoms with van der Waals surface area (Å²) in [6, 6.07) is 9.89. The van der Waals surface area contributed by atoms with Gasteiger partial charge in [0.1, 0.15) is 6.61 Å². The van der Waals surface area contributed by atoms with Gasteiger partial charge in [0.15, 0.2) is 17.3 Å². The lowest BCUT2D eigenvalue weighted by Crippen LogP contribution is -2.01. The molecular weight excluding hydrogens is 353 g/mol. The molecule has 140 valence electrons. The lowest BCUT2D eigenvalue weighted by atomic mass is 10.1. The van der Waals surface area contributed by atoms with Crippen LogP contribution >= 0.6 is 0 Å². The van der Waals surface area contributed by atoms with Gasteiger partial charge in [-0.25, -0.2) is 4.39 Å². The number of phenolic OH excluding ortho intramolecular Hbond substituents is 2. The third-order valence-electron chi connectivity index (χ3n) is 3.87. The molecule has 0 aliphatic rings. The second-order valence-electron chi connectivity index (χ2n) is 5.81. The Bertz CT molecular complexity index is 985. The third kappa shape index (κ3) is 4.05. The molecule has 0 saturated carbocycles. The third-order valence-corrected chi connectivity index (χ3v) is 3.87. The van der Waals surface area contributed by atoms with Gasteiger partial charge in [-0.3, -0.25) is 0 Å². The van der Waals surface area contributed by atoms with E-state index in [1.165, 1.54) is 19.1 Å². The van der Waals surface area contributed by atoms with Crippen LogP contribution in [0.3, 0.4) is 0 Å². The summed E-state index contributed by atoms with van der Waals surface area (Å²) < 4.78 is 19.1. The summed E-state index contributed by atoms with van der Waals surface area (Å²) in [4.78, 5) is 9.57. The first kappa shape index (κ1) is 18.4. The highest BCUT2D eigenvalue weighted by atomic mass is 19.1. The predicted molar refractivity (Wildman–Crippen MR) is 95.8 cm³/mol. The highest BCUT2D eigenvalue weighted by Crippen LogP contribution is 2.30. The summed E-state index contributed by atoms with van der Waals surface area (Å²) in [5.41, 5.74) is 1.87. The molecule has 0 bridgehead atoms. The number of aryl methyl sites for hydroxylation is 1. The van der Waals surface area contributed by atoms with Gasteiger partial charge in [0, 0.05) is 17.5 Å². The molecule has 1 aromatic heterocycles. The fourth-order valence-electron chi connectivity index (χ4n) is 2.40. The SMILES string of the molecule is CCc1nc(-c2cccc(CO/N=C(\C)c3ccc(O)c(O)c3F)c2)no1. The van der Waals surface area contributed by atoms with Crippen LogP contribution in [0.25, 0.3) is 11.4 Å². The van der Waals surface area contributed by atoms with E-state index in [0.717, 1.165) is 11.1 Å². The van der Waals surface area contributed by atoms with E-state index in [2.05, 4.69) is 15.3 Å². The molecule has 0 fully saturated rings. The van der Waals surface area contributed by atoms with E-state index < -0.39 is 17.3 Å². The van der Waals surface area contributed by atoms with Crippen molar-refractivity contribution in [2.45, 2.75) is 26.9 Å². The van der Waals surface area contributed by atoms with Crippen LogP contribution in [0, 0.1) is 5.82 Å². The Kier molecular flexibility index (Phi) is 5.35. The number of phenols is 2. The first-order valence-electron chi connectivity index (χ1n) is 8.28. The molecule has 3 rings (SSSR count). The van der Waals surface area contributed by atoms with Gasteiger partial charge in [-0.1, -0.05) is 35.4 Å². The van der Waals surface area contributed by atoms with Crippen molar-refractivity contribution in [2.24, 2.45) is 5.16 Å². The van der Waals surface area contributed by atoms with Crippen LogP contribution in [-0.4, -0.2) is 26.1 Å². The number of aromatic nitrogens is 2. The van der Waals surface area contributed by atoms with E-state index in [9.17, 15) is 14.6 Å². The maximum atomic E-state index is 14.0. The zero-order valence-corrected chi connectivity index (χ0v) is 14.8. The Labute approximate surface area is 154 Å². The number of benzene rings is 2. The van der Waals surface area contributed by atoms with Crippen molar-refractivity contribution in [3.05, 3.63) is 59.2 Å². The quantitative estimate of drug-likeness (QED) is 0.388. The van der Waals surface area contributed by atoms with Crippen LogP contribution in [0.4, 0.5) is 4.39 Å². The monoisotopic (exact) mass is 371 g/mol. The molecule has 0 aliphatic carbocycles. The van der Waals surface area contributed by atoms with Gasteiger partial charge in [0.05, 0.1) is 5.71 Å². The van der Waals surface area contributed by atoms with Crippen molar-refractivity contribution in [1.82, 2.24) is 10.1 Å².